The van der Waals surface area contributed by atoms with Gasteiger partial charge >= 0.3 is 0 Å². The first-order chi connectivity index (χ1) is 12.8. The van der Waals surface area contributed by atoms with Crippen molar-refractivity contribution in [1.82, 2.24) is 4.98 Å². The molecule has 0 unspecified atom stereocenters. The third-order valence-corrected chi connectivity index (χ3v) is 6.67. The molecule has 4 nitrogen and oxygen atoms in total. The number of carbonyl (C=O) groups excluding carboxylic acids is 1. The summed E-state index contributed by atoms with van der Waals surface area (Å²) in [5.74, 6) is 0.608. The van der Waals surface area contributed by atoms with Crippen molar-refractivity contribution >= 4 is 28.1 Å². The van der Waals surface area contributed by atoms with Crippen LogP contribution in [0.5, 0.6) is 0 Å². The highest BCUT2D eigenvalue weighted by Crippen LogP contribution is 2.38. The molecule has 3 aliphatic rings. The van der Waals surface area contributed by atoms with Crippen LogP contribution in [0.25, 0.3) is 11.3 Å². The van der Waals surface area contributed by atoms with Gasteiger partial charge in [0.05, 0.1) is 5.69 Å². The minimum atomic E-state index is 0.285. The maximum atomic E-state index is 12.4. The molecule has 2 fully saturated rings. The highest BCUT2D eigenvalue weighted by molar-refractivity contribution is 7.14. The van der Waals surface area contributed by atoms with Gasteiger partial charge in [-0.05, 0) is 49.8 Å². The van der Waals surface area contributed by atoms with Crippen LogP contribution < -0.4 is 10.2 Å². The molecule has 26 heavy (non-hydrogen) atoms. The van der Waals surface area contributed by atoms with E-state index in [2.05, 4.69) is 28.9 Å². The van der Waals surface area contributed by atoms with Crippen LogP contribution in [-0.2, 0) is 11.2 Å². The number of nitrogens with one attached hydrogen (secondary N) is 1. The van der Waals surface area contributed by atoms with E-state index in [0.29, 0.717) is 11.9 Å². The average molecular weight is 368 g/mol. The first-order valence-electron chi connectivity index (χ1n) is 9.95. The molecule has 2 heterocycles. The third-order valence-electron chi connectivity index (χ3n) is 5.90. The number of amides is 1. The summed E-state index contributed by atoms with van der Waals surface area (Å²) in [5.41, 5.74) is 4.60. The lowest BCUT2D eigenvalue weighted by Crippen LogP contribution is -2.30. The number of hydrogen-bond donors (Lipinski definition) is 1. The van der Waals surface area contributed by atoms with Gasteiger partial charge in [0.2, 0.25) is 5.91 Å². The zero-order valence-corrected chi connectivity index (χ0v) is 15.9. The zero-order valence-electron chi connectivity index (χ0n) is 15.0. The second kappa shape index (κ2) is 6.69. The number of fused-ring (bicyclic) bond motifs is 1. The molecule has 0 bridgehead atoms. The molecule has 0 atom stereocenters. The number of aromatic nitrogens is 1. The van der Waals surface area contributed by atoms with E-state index in [9.17, 15) is 4.79 Å². The van der Waals surface area contributed by atoms with Crippen LogP contribution in [0.3, 0.4) is 0 Å². The Morgan fingerprint density at radius 2 is 2.00 bits per heavy atom. The second-order valence-corrected chi connectivity index (χ2v) is 8.73. The van der Waals surface area contributed by atoms with Crippen molar-refractivity contribution < 1.29 is 4.79 Å². The van der Waals surface area contributed by atoms with Gasteiger partial charge in [0.25, 0.3) is 0 Å². The summed E-state index contributed by atoms with van der Waals surface area (Å²) in [7, 11) is 0. The molecule has 136 valence electrons. The summed E-state index contributed by atoms with van der Waals surface area (Å²) < 4.78 is 0. The molecule has 5 rings (SSSR count). The number of benzene rings is 1. The normalized spacial score (nSPS) is 20.2. The van der Waals surface area contributed by atoms with Crippen LogP contribution in [0.2, 0.25) is 0 Å². The lowest BCUT2D eigenvalue weighted by molar-refractivity contribution is -0.119. The Kier molecular flexibility index (Phi) is 4.20. The summed E-state index contributed by atoms with van der Waals surface area (Å²) in [6.07, 6.45) is 9.65. The minimum absolute atomic E-state index is 0.285. The Morgan fingerprint density at radius 3 is 2.81 bits per heavy atom. The molecule has 0 radical (unpaired) electrons. The third kappa shape index (κ3) is 3.13. The molecule has 1 aromatic heterocycles. The quantitative estimate of drug-likeness (QED) is 0.840. The summed E-state index contributed by atoms with van der Waals surface area (Å²) in [6.45, 7) is 0.833. The van der Waals surface area contributed by atoms with E-state index in [1.165, 1.54) is 37.7 Å². The highest BCUT2D eigenvalue weighted by atomic mass is 32.1. The van der Waals surface area contributed by atoms with Crippen LogP contribution >= 0.6 is 11.3 Å². The summed E-state index contributed by atoms with van der Waals surface area (Å²) in [6, 6.07) is 7.06. The molecule has 2 saturated carbocycles. The molecule has 5 heteroatoms. The van der Waals surface area contributed by atoms with Crippen molar-refractivity contribution in [2.24, 2.45) is 5.92 Å². The molecule has 1 N–H and O–H groups in total. The van der Waals surface area contributed by atoms with Crippen LogP contribution in [0.15, 0.2) is 23.6 Å². The van der Waals surface area contributed by atoms with Gasteiger partial charge in [-0.1, -0.05) is 25.3 Å². The summed E-state index contributed by atoms with van der Waals surface area (Å²) in [4.78, 5) is 19.2. The van der Waals surface area contributed by atoms with E-state index in [-0.39, 0.29) is 5.92 Å². The standard InChI is InChI=1S/C21H25N3OS/c25-20(14-6-7-14)24-11-10-16-12-15(8-9-19(16)24)18-13-26-21(23-18)22-17-4-2-1-3-5-17/h8-9,12-14,17H,1-7,10-11H2,(H,22,23). The Balaban J connectivity index is 1.32. The van der Waals surface area contributed by atoms with Gasteiger partial charge in [-0.3, -0.25) is 4.79 Å². The first-order valence-corrected chi connectivity index (χ1v) is 10.8. The summed E-state index contributed by atoms with van der Waals surface area (Å²) >= 11 is 1.70. The average Bonchev–Trinajstić information content (AvgIpc) is 3.28. The number of nitrogens with zero attached hydrogens (tertiary/aromatic N) is 2. The Morgan fingerprint density at radius 1 is 1.15 bits per heavy atom. The van der Waals surface area contributed by atoms with E-state index >= 15 is 0 Å². The van der Waals surface area contributed by atoms with E-state index in [4.69, 9.17) is 4.98 Å². The predicted octanol–water partition coefficient (Wildman–Crippen LogP) is 4.85. The minimum Gasteiger partial charge on any atom is -0.359 e. The van der Waals surface area contributed by atoms with Crippen LogP contribution in [-0.4, -0.2) is 23.5 Å². The summed E-state index contributed by atoms with van der Waals surface area (Å²) in [5, 5.41) is 6.81. The Bertz CT molecular complexity index is 820. The van der Waals surface area contributed by atoms with Crippen molar-refractivity contribution in [3.63, 3.8) is 0 Å². The molecule has 0 spiro atoms. The van der Waals surface area contributed by atoms with Crippen molar-refractivity contribution in [2.45, 2.75) is 57.4 Å². The van der Waals surface area contributed by atoms with E-state index in [1.807, 2.05) is 4.90 Å². The predicted molar refractivity (Wildman–Crippen MR) is 107 cm³/mol. The van der Waals surface area contributed by atoms with Gasteiger partial charge in [-0.2, -0.15) is 0 Å². The number of hydrogen-bond acceptors (Lipinski definition) is 4. The zero-order chi connectivity index (χ0) is 17.5. The van der Waals surface area contributed by atoms with Gasteiger partial charge in [0.15, 0.2) is 5.13 Å². The largest absolute Gasteiger partial charge is 0.359 e. The van der Waals surface area contributed by atoms with Crippen molar-refractivity contribution in [2.75, 3.05) is 16.8 Å². The lowest BCUT2D eigenvalue weighted by Gasteiger charge is -2.22. The SMILES string of the molecule is O=C(C1CC1)N1CCc2cc(-c3csc(NC4CCCCC4)n3)ccc21. The number of rotatable bonds is 4. The van der Waals surface area contributed by atoms with Gasteiger partial charge in [-0.15, -0.1) is 11.3 Å². The smallest absolute Gasteiger partial charge is 0.230 e. The van der Waals surface area contributed by atoms with Gasteiger partial charge in [0.1, 0.15) is 0 Å². The number of anilines is 2. The van der Waals surface area contributed by atoms with Crippen molar-refractivity contribution in [3.05, 3.63) is 29.1 Å². The molecule has 2 aliphatic carbocycles. The molecule has 0 saturated heterocycles. The van der Waals surface area contributed by atoms with E-state index < -0.39 is 0 Å². The molecular formula is C21H25N3OS. The Labute approximate surface area is 158 Å². The van der Waals surface area contributed by atoms with Gasteiger partial charge < -0.3 is 10.2 Å². The van der Waals surface area contributed by atoms with Crippen molar-refractivity contribution in [3.8, 4) is 11.3 Å². The van der Waals surface area contributed by atoms with Crippen LogP contribution in [0.1, 0.15) is 50.5 Å². The molecule has 1 aromatic carbocycles. The highest BCUT2D eigenvalue weighted by Gasteiger charge is 2.36. The first kappa shape index (κ1) is 16.3. The van der Waals surface area contributed by atoms with E-state index in [0.717, 1.165) is 47.9 Å². The van der Waals surface area contributed by atoms with Gasteiger partial charge in [-0.25, -0.2) is 4.98 Å². The number of thiazole rings is 1. The Hall–Kier alpha value is -1.88. The fourth-order valence-corrected chi connectivity index (χ4v) is 5.03. The molecule has 1 aliphatic heterocycles. The lowest BCUT2D eigenvalue weighted by atomic mass is 9.96. The van der Waals surface area contributed by atoms with E-state index in [1.54, 1.807) is 11.3 Å². The van der Waals surface area contributed by atoms with Crippen LogP contribution in [0.4, 0.5) is 10.8 Å². The second-order valence-electron chi connectivity index (χ2n) is 7.87. The monoisotopic (exact) mass is 367 g/mol. The fraction of sp³-hybridized carbons (Fsp3) is 0.524. The van der Waals surface area contributed by atoms with Crippen LogP contribution in [0, 0.1) is 5.92 Å². The molecular weight excluding hydrogens is 342 g/mol. The van der Waals surface area contributed by atoms with Gasteiger partial charge in [0, 0.05) is 35.1 Å². The van der Waals surface area contributed by atoms with Crippen molar-refractivity contribution in [1.29, 1.82) is 0 Å². The number of carbonyl (C=O) groups is 1. The molecule has 1 amide bonds. The topological polar surface area (TPSA) is 45.2 Å². The molecule has 2 aromatic rings. The fourth-order valence-electron chi connectivity index (χ4n) is 4.23. The maximum absolute atomic E-state index is 12.4. The maximum Gasteiger partial charge on any atom is 0.230 e.